The molecule has 2 aromatic carbocycles. The summed E-state index contributed by atoms with van der Waals surface area (Å²) in [5, 5.41) is 5.95. The molecule has 0 spiro atoms. The van der Waals surface area contributed by atoms with Crippen molar-refractivity contribution >= 4 is 58.4 Å². The van der Waals surface area contributed by atoms with Gasteiger partial charge in [0, 0.05) is 62.0 Å². The minimum Gasteiger partial charge on any atom is -0.448 e. The highest BCUT2D eigenvalue weighted by atomic mass is 16.6. The number of carbonyl (C=O) groups excluding carboxylic acids is 5. The Morgan fingerprint density at radius 1 is 0.842 bits per heavy atom. The molecular formula is C41H46N10O6. The summed E-state index contributed by atoms with van der Waals surface area (Å²) >= 11 is 0. The number of benzene rings is 2. The van der Waals surface area contributed by atoms with E-state index in [1.165, 1.54) is 0 Å². The first-order chi connectivity index (χ1) is 27.6. The van der Waals surface area contributed by atoms with Crippen LogP contribution >= 0.6 is 0 Å². The number of anilines is 5. The number of piperidine rings is 3. The molecule has 2 atom stereocenters. The van der Waals surface area contributed by atoms with Gasteiger partial charge in [0.1, 0.15) is 18.5 Å². The van der Waals surface area contributed by atoms with Crippen molar-refractivity contribution in [1.29, 1.82) is 0 Å². The fourth-order valence-electron chi connectivity index (χ4n) is 9.23. The van der Waals surface area contributed by atoms with Crippen LogP contribution in [0, 0.1) is 11.8 Å². The number of allylic oxidation sites excluding steroid dienone is 1. The number of rotatable bonds is 9. The molecule has 9 rings (SSSR count). The number of hydrogen-bond acceptors (Lipinski definition) is 12. The number of carbonyl (C=O) groups is 5. The van der Waals surface area contributed by atoms with E-state index in [0.29, 0.717) is 67.0 Å². The third kappa shape index (κ3) is 6.86. The molecule has 0 saturated carbocycles. The number of hydrogen-bond donors (Lipinski definition) is 3. The topological polar surface area (TPSA) is 187 Å². The average Bonchev–Trinajstić information content (AvgIpc) is 3.74. The van der Waals surface area contributed by atoms with Crippen molar-refractivity contribution in [1.82, 2.24) is 25.1 Å². The van der Waals surface area contributed by atoms with Gasteiger partial charge in [0.15, 0.2) is 11.5 Å². The van der Waals surface area contributed by atoms with E-state index in [9.17, 15) is 24.0 Å². The van der Waals surface area contributed by atoms with Crippen LogP contribution < -0.4 is 31.1 Å². The number of imide groups is 1. The molecule has 5 amide bonds. The lowest BCUT2D eigenvalue weighted by Crippen LogP contribution is -2.52. The second-order valence-corrected chi connectivity index (χ2v) is 15.9. The quantitative estimate of drug-likeness (QED) is 0.269. The maximum Gasteiger partial charge on any atom is 0.410 e. The van der Waals surface area contributed by atoms with Crippen molar-refractivity contribution in [3.8, 4) is 0 Å². The Morgan fingerprint density at radius 2 is 1.60 bits per heavy atom. The minimum atomic E-state index is -0.819. The van der Waals surface area contributed by atoms with Crippen molar-refractivity contribution in [3.63, 3.8) is 0 Å². The number of cyclic esters (lactones) is 1. The standard InChI is InChI=1S/C41H46N10O6/c1-24-4-11-33(38(53)44-24)51-39(54)31-10-9-29(19-32(31)40(51)55)49-21-26(22-49)25-12-15-47(16-13-25)28-7-5-27(6-8-28)45-37-35(36(42)52)43-20-34(46-37)48-14-2-3-30(23-48)50-17-18-57-41(50)56/h5-10,19-20,25-26,30,33H,1-4,11-18,21-23H2,(H2,42,52)(H,44,53)(H,45,46)/t30-,33?/m0/s1. The van der Waals surface area contributed by atoms with E-state index < -0.39 is 23.8 Å². The van der Waals surface area contributed by atoms with Crippen molar-refractivity contribution < 1.29 is 28.7 Å². The monoisotopic (exact) mass is 774 g/mol. The normalized spacial score (nSPS) is 23.1. The molecule has 5 fully saturated rings. The molecule has 0 aliphatic carbocycles. The first kappa shape index (κ1) is 36.4. The number of nitrogens with one attached hydrogen (secondary N) is 2. The lowest BCUT2D eigenvalue weighted by molar-refractivity contribution is -0.125. The Balaban J connectivity index is 0.783. The number of primary amides is 1. The van der Waals surface area contributed by atoms with Crippen LogP contribution in [-0.2, 0) is 9.53 Å². The molecule has 1 unspecified atom stereocenters. The average molecular weight is 775 g/mol. The summed E-state index contributed by atoms with van der Waals surface area (Å²) in [4.78, 5) is 82.4. The Labute approximate surface area is 330 Å². The number of nitrogens with two attached hydrogens (primary N) is 1. The van der Waals surface area contributed by atoms with Crippen molar-refractivity contribution in [2.75, 3.05) is 72.4 Å². The Morgan fingerprint density at radius 3 is 2.32 bits per heavy atom. The molecule has 16 nitrogen and oxygen atoms in total. The zero-order valence-corrected chi connectivity index (χ0v) is 31.7. The first-order valence-corrected chi connectivity index (χ1v) is 19.8. The molecule has 5 saturated heterocycles. The maximum absolute atomic E-state index is 13.4. The molecule has 7 heterocycles. The summed E-state index contributed by atoms with van der Waals surface area (Å²) in [5.41, 5.74) is 9.85. The molecule has 0 bridgehead atoms. The van der Waals surface area contributed by atoms with Gasteiger partial charge in [-0.3, -0.25) is 24.1 Å². The number of nitrogens with zero attached hydrogens (tertiary/aromatic N) is 7. The second-order valence-electron chi connectivity index (χ2n) is 15.9. The van der Waals surface area contributed by atoms with Crippen LogP contribution in [0.5, 0.6) is 0 Å². The molecular weight excluding hydrogens is 729 g/mol. The van der Waals surface area contributed by atoms with Gasteiger partial charge in [0.2, 0.25) is 5.91 Å². The van der Waals surface area contributed by atoms with E-state index in [-0.39, 0.29) is 29.6 Å². The summed E-state index contributed by atoms with van der Waals surface area (Å²) in [6, 6.07) is 12.7. The number of amides is 5. The minimum absolute atomic E-state index is 0.0230. The zero-order valence-electron chi connectivity index (χ0n) is 31.7. The summed E-state index contributed by atoms with van der Waals surface area (Å²) in [7, 11) is 0. The largest absolute Gasteiger partial charge is 0.448 e. The highest BCUT2D eigenvalue weighted by molar-refractivity contribution is 6.23. The van der Waals surface area contributed by atoms with Crippen LogP contribution in [0.3, 0.4) is 0 Å². The van der Waals surface area contributed by atoms with Crippen LogP contribution in [-0.4, -0.2) is 114 Å². The fourth-order valence-corrected chi connectivity index (χ4v) is 9.23. The van der Waals surface area contributed by atoms with E-state index in [1.54, 1.807) is 17.2 Å². The molecule has 6 aliphatic heterocycles. The summed E-state index contributed by atoms with van der Waals surface area (Å²) in [5.74, 6) is 0.162. The van der Waals surface area contributed by atoms with E-state index in [4.69, 9.17) is 15.5 Å². The fraction of sp³-hybridized carbons (Fsp3) is 0.439. The van der Waals surface area contributed by atoms with Crippen LogP contribution in [0.25, 0.3) is 0 Å². The van der Waals surface area contributed by atoms with Gasteiger partial charge in [-0.2, -0.15) is 0 Å². The SMILES string of the molecule is C=C1CCC(N2C(=O)c3ccc(N4CC(C5CCN(c6ccc(Nc7nc(N8CCC[C@H](N9CCOC9=O)C8)cnc7C(N)=O)cc6)CC5)C4)cc3C2=O)C(=O)N1. The third-order valence-electron chi connectivity index (χ3n) is 12.5. The highest BCUT2D eigenvalue weighted by Gasteiger charge is 2.45. The van der Waals surface area contributed by atoms with Crippen molar-refractivity contribution in [2.45, 2.75) is 50.6 Å². The lowest BCUT2D eigenvalue weighted by atomic mass is 9.79. The first-order valence-electron chi connectivity index (χ1n) is 19.8. The van der Waals surface area contributed by atoms with E-state index >= 15 is 0 Å². The van der Waals surface area contributed by atoms with E-state index in [2.05, 4.69) is 49.0 Å². The van der Waals surface area contributed by atoms with Gasteiger partial charge >= 0.3 is 6.09 Å². The van der Waals surface area contributed by atoms with Gasteiger partial charge in [-0.1, -0.05) is 6.58 Å². The van der Waals surface area contributed by atoms with Gasteiger partial charge in [0.05, 0.1) is 29.9 Å². The zero-order chi connectivity index (χ0) is 39.4. The molecule has 6 aliphatic rings. The predicted molar refractivity (Wildman–Crippen MR) is 211 cm³/mol. The lowest BCUT2D eigenvalue weighted by Gasteiger charge is -2.47. The second kappa shape index (κ2) is 14.7. The van der Waals surface area contributed by atoms with E-state index in [0.717, 1.165) is 80.4 Å². The van der Waals surface area contributed by atoms with Crippen LogP contribution in [0.1, 0.15) is 69.7 Å². The predicted octanol–water partition coefficient (Wildman–Crippen LogP) is 3.48. The molecule has 0 radical (unpaired) electrons. The Bertz CT molecular complexity index is 2150. The molecule has 3 aromatic rings. The van der Waals surface area contributed by atoms with Gasteiger partial charge in [-0.25, -0.2) is 14.8 Å². The van der Waals surface area contributed by atoms with Gasteiger partial charge in [0.25, 0.3) is 17.7 Å². The number of fused-ring (bicyclic) bond motifs is 1. The molecule has 16 heteroatoms. The molecule has 296 valence electrons. The van der Waals surface area contributed by atoms with Crippen LogP contribution in [0.4, 0.5) is 33.5 Å². The van der Waals surface area contributed by atoms with Gasteiger partial charge in [-0.05, 0) is 92.8 Å². The maximum atomic E-state index is 13.4. The summed E-state index contributed by atoms with van der Waals surface area (Å²) in [6.45, 7) is 9.81. The Kier molecular flexibility index (Phi) is 9.41. The van der Waals surface area contributed by atoms with E-state index in [1.807, 2.05) is 24.3 Å². The van der Waals surface area contributed by atoms with Crippen molar-refractivity contribution in [2.24, 2.45) is 17.6 Å². The molecule has 1 aromatic heterocycles. The molecule has 4 N–H and O–H groups in total. The summed E-state index contributed by atoms with van der Waals surface area (Å²) in [6.07, 6.45) is 6.11. The van der Waals surface area contributed by atoms with Crippen LogP contribution in [0.15, 0.2) is 60.9 Å². The van der Waals surface area contributed by atoms with Gasteiger partial charge < -0.3 is 40.7 Å². The molecule has 57 heavy (non-hydrogen) atoms. The smallest absolute Gasteiger partial charge is 0.410 e. The van der Waals surface area contributed by atoms with Gasteiger partial charge in [-0.15, -0.1) is 0 Å². The Hall–Kier alpha value is -6.19. The third-order valence-corrected chi connectivity index (χ3v) is 12.5. The van der Waals surface area contributed by atoms with Crippen LogP contribution in [0.2, 0.25) is 0 Å². The number of aromatic nitrogens is 2. The van der Waals surface area contributed by atoms with Crippen molar-refractivity contribution in [3.05, 3.63) is 77.8 Å². The highest BCUT2D eigenvalue weighted by Crippen LogP contribution is 2.38. The summed E-state index contributed by atoms with van der Waals surface area (Å²) < 4.78 is 5.16. The number of ether oxygens (including phenoxy) is 1.